The number of aliphatic hydroxyl groups excluding tert-OH is 1. The Hall–Kier alpha value is -12.4. The second-order valence-electron chi connectivity index (χ2n) is 28.5. The van der Waals surface area contributed by atoms with E-state index in [4.69, 9.17) is 25.5 Å². The molecule has 10 aromatic rings. The maximum atomic E-state index is 14.5. The number of hydrogen-bond donors (Lipinski definition) is 6. The molecular formula is C82H84ClF5N10O18. The predicted molar refractivity (Wildman–Crippen MR) is 414 cm³/mol. The van der Waals surface area contributed by atoms with E-state index in [1.807, 2.05) is 20.8 Å². The van der Waals surface area contributed by atoms with Gasteiger partial charge in [-0.2, -0.15) is 0 Å². The molecule has 3 atom stereocenters. The van der Waals surface area contributed by atoms with Gasteiger partial charge in [0.15, 0.2) is 51.9 Å². The molecular weight excluding hydrogens is 1540 g/mol. The number of benzene rings is 5. The maximum Gasteiger partial charge on any atom is 0.363 e. The van der Waals surface area contributed by atoms with Crippen molar-refractivity contribution >= 4 is 63.1 Å². The number of pyridine rings is 2. The van der Waals surface area contributed by atoms with Crippen molar-refractivity contribution in [2.45, 2.75) is 143 Å². The van der Waals surface area contributed by atoms with E-state index < -0.39 is 97.3 Å². The van der Waals surface area contributed by atoms with E-state index in [2.05, 4.69) is 25.5 Å². The number of H-pyrrole nitrogens is 1. The first kappa shape index (κ1) is 87.6. The summed E-state index contributed by atoms with van der Waals surface area (Å²) in [6.45, 7) is 14.6. The van der Waals surface area contributed by atoms with E-state index in [1.165, 1.54) is 79.3 Å². The molecule has 2 aliphatic rings. The van der Waals surface area contributed by atoms with Gasteiger partial charge in [0, 0.05) is 94.0 Å². The highest BCUT2D eigenvalue weighted by Gasteiger charge is 2.42. The summed E-state index contributed by atoms with van der Waals surface area (Å²) < 4.78 is 87.6. The molecule has 7 heterocycles. The van der Waals surface area contributed by atoms with E-state index >= 15 is 0 Å². The van der Waals surface area contributed by atoms with Gasteiger partial charge in [0.1, 0.15) is 52.0 Å². The van der Waals surface area contributed by atoms with Crippen molar-refractivity contribution in [2.24, 2.45) is 13.0 Å². The third-order valence-electron chi connectivity index (χ3n) is 19.5. The van der Waals surface area contributed by atoms with Crippen molar-refractivity contribution in [3.8, 4) is 17.2 Å². The fourth-order valence-electron chi connectivity index (χ4n) is 13.3. The number of Topliss-reactive ketones (excluding diaryl/α,β-unsaturated/α-hetero) is 5. The number of carbonyl (C=O) groups is 6. The third-order valence-corrected chi connectivity index (χ3v) is 19.8. The predicted octanol–water partition coefficient (Wildman–Crippen LogP) is 10.9. The molecule has 0 saturated carbocycles. The first-order chi connectivity index (χ1) is 54.9. The summed E-state index contributed by atoms with van der Waals surface area (Å²) >= 11 is 5.91. The van der Waals surface area contributed by atoms with Crippen molar-refractivity contribution < 1.29 is 85.1 Å². The number of ether oxygens (including phenoxy) is 2. The number of methoxy groups -OCH3 is 1. The zero-order chi connectivity index (χ0) is 85.1. The first-order valence-electron chi connectivity index (χ1n) is 36.6. The maximum absolute atomic E-state index is 14.5. The van der Waals surface area contributed by atoms with Crippen LogP contribution in [0.25, 0.3) is 10.9 Å². The van der Waals surface area contributed by atoms with Gasteiger partial charge in [0.2, 0.25) is 22.9 Å². The molecule has 34 heteroatoms. The number of aliphatic hydroxyl groups is 1. The summed E-state index contributed by atoms with van der Waals surface area (Å²) in [6, 6.07) is 22.0. The third kappa shape index (κ3) is 20.0. The molecule has 0 radical (unpaired) electrons. The number of halogens is 6. The molecule has 2 aliphatic heterocycles. The van der Waals surface area contributed by atoms with E-state index in [9.17, 15) is 95.2 Å². The minimum Gasteiger partial charge on any atom is -0.503 e. The summed E-state index contributed by atoms with van der Waals surface area (Å²) in [4.78, 5) is 145. The fraction of sp³-hybridized carbons (Fsp3) is 0.341. The summed E-state index contributed by atoms with van der Waals surface area (Å²) in [6.07, 6.45) is 3.14. The molecule has 1 saturated heterocycles. The zero-order valence-corrected chi connectivity index (χ0v) is 65.5. The SMILES string of the molecule is CCNc1[nH]c(=O)n(O)c(=O)c1C(=O)CCc1ccc(F)cc1.COc1cc2c(cc1Cc1cccc(Cl)c1F)c(=O)c(C(C)=O)cn2C(CO)C(C)C.C[C@@H]1CCO[C@H]2Cn3cc(C(=O)CCc4ccc(F)cc4F)c(=O)c(O)c3C(=O)N12.Cc1nnc(C(=O)CC(C)(C)c2nc(C(=O)CCc3ccc(F)cc3)c(O)c(=O)n2C)o1. The molecule has 0 bridgehead atoms. The lowest BCUT2D eigenvalue weighted by Crippen LogP contribution is -2.57. The number of ketones is 5. The van der Waals surface area contributed by atoms with Crippen LogP contribution in [0.5, 0.6) is 17.2 Å². The number of fused-ring (bicyclic) bond motifs is 3. The van der Waals surface area contributed by atoms with Gasteiger partial charge in [-0.15, -0.1) is 10.2 Å². The Balaban J connectivity index is 0.000000178. The van der Waals surface area contributed by atoms with Crippen molar-refractivity contribution in [1.29, 1.82) is 0 Å². The number of carbonyl (C=O) groups excluding carboxylic acids is 6. The molecule has 28 nitrogen and oxygen atoms in total. The number of hydrogen-bond acceptors (Lipinski definition) is 22. The minimum atomic E-state index is -1.08. The average Bonchev–Trinajstić information content (AvgIpc) is 0.753. The summed E-state index contributed by atoms with van der Waals surface area (Å²) in [5, 5.41) is 50.4. The van der Waals surface area contributed by atoms with Gasteiger partial charge in [0.05, 0.1) is 54.6 Å². The molecule has 612 valence electrons. The van der Waals surface area contributed by atoms with Gasteiger partial charge < -0.3 is 53.8 Å². The van der Waals surface area contributed by atoms with E-state index in [1.54, 1.807) is 80.8 Å². The summed E-state index contributed by atoms with van der Waals surface area (Å²) in [5.74, 6) is -6.61. The summed E-state index contributed by atoms with van der Waals surface area (Å²) in [7, 11) is 2.90. The molecule has 5 aromatic carbocycles. The van der Waals surface area contributed by atoms with Gasteiger partial charge in [-0.25, -0.2) is 31.7 Å². The second-order valence-corrected chi connectivity index (χ2v) is 28.9. The Kier molecular flexibility index (Phi) is 28.5. The van der Waals surface area contributed by atoms with Crippen molar-refractivity contribution in [3.05, 3.63) is 269 Å². The van der Waals surface area contributed by atoms with Crippen LogP contribution in [0.3, 0.4) is 0 Å². The molecule has 1 fully saturated rings. The van der Waals surface area contributed by atoms with E-state index in [0.29, 0.717) is 53.8 Å². The van der Waals surface area contributed by atoms with Crippen molar-refractivity contribution in [3.63, 3.8) is 0 Å². The standard InChI is InChI=1S/C24H25ClFNO4.C22H23FN4O5.C21H20F2N2O5.C15H16FN3O4/c1-13(2)21(12-28)27-11-18(14(3)29)24(30)17-9-16(22(31-4)10-20(17)27)8-15-6-5-7-19(25)23(15)26;1-12-25-26-19(32-12)16(29)11-22(2,3)21-24-17(18(30)20(31)27(21)4)15(28)10-7-13-5-8-14(23)9-6-13;1-11-6-7-30-17-10-24-9-14(19(27)20(28)18(24)21(29)25(11)17)16(26)5-3-12-2-4-13(22)8-15(12)23;1-2-17-13-12(14(21)19(23)15(22)18-13)11(20)8-5-9-3-6-10(16)7-4-9/h5-7,9-11,13,21,28H,8,12H2,1-4H3;5-6,8-9,30H,7,10-11H2,1-4H3;2,4,8-9,11,17,28H,3,5-7,10H2,1H3;3-4,6-7,17,23H,2,5,8H2,1H3,(H,18,22)/t;;11-,17+;/m..1./s1. The minimum absolute atomic E-state index is 0.0150. The highest BCUT2D eigenvalue weighted by Crippen LogP contribution is 2.34. The van der Waals surface area contributed by atoms with Crippen LogP contribution in [0.15, 0.2) is 138 Å². The molecule has 116 heavy (non-hydrogen) atoms. The molecule has 0 aliphatic carbocycles. The topological polar surface area (TPSA) is 390 Å². The molecule has 1 unspecified atom stereocenters. The van der Waals surface area contributed by atoms with E-state index in [-0.39, 0.29) is 160 Å². The Morgan fingerprint density at radius 2 is 1.39 bits per heavy atom. The van der Waals surface area contributed by atoms with Crippen molar-refractivity contribution in [2.75, 3.05) is 32.2 Å². The number of rotatable bonds is 25. The highest BCUT2D eigenvalue weighted by molar-refractivity contribution is 6.30. The van der Waals surface area contributed by atoms with Gasteiger partial charge in [-0.1, -0.05) is 86.5 Å². The van der Waals surface area contributed by atoms with Gasteiger partial charge >= 0.3 is 11.2 Å². The smallest absolute Gasteiger partial charge is 0.363 e. The number of aromatic nitrogens is 8. The Morgan fingerprint density at radius 3 is 1.97 bits per heavy atom. The van der Waals surface area contributed by atoms with Crippen LogP contribution in [-0.2, 0) is 49.4 Å². The van der Waals surface area contributed by atoms with Crippen LogP contribution in [0.1, 0.15) is 189 Å². The van der Waals surface area contributed by atoms with Crippen molar-refractivity contribution in [1.82, 2.24) is 43.5 Å². The number of nitrogens with one attached hydrogen (secondary N) is 2. The lowest BCUT2D eigenvalue weighted by atomic mass is 9.85. The quantitative estimate of drug-likeness (QED) is 0.0176. The monoisotopic (exact) mass is 1630 g/mol. The largest absolute Gasteiger partial charge is 0.503 e. The zero-order valence-electron chi connectivity index (χ0n) is 64.7. The number of aromatic amines is 1. The fourth-order valence-corrected chi connectivity index (χ4v) is 13.5. The van der Waals surface area contributed by atoms with Crippen LogP contribution in [0.4, 0.5) is 27.8 Å². The van der Waals surface area contributed by atoms with Gasteiger partial charge in [-0.05, 0) is 123 Å². The summed E-state index contributed by atoms with van der Waals surface area (Å²) in [5.41, 5.74) is -3.24. The normalized spacial score (nSPS) is 13.9. The number of amides is 1. The van der Waals surface area contributed by atoms with E-state index in [0.717, 1.165) is 27.8 Å². The number of anilines is 1. The molecule has 6 N–H and O–H groups in total. The number of aryl methyl sites for hydroxylation is 4. The van der Waals surface area contributed by atoms with Crippen LogP contribution in [0.2, 0.25) is 5.02 Å². The lowest BCUT2D eigenvalue weighted by Gasteiger charge is -2.44. The lowest BCUT2D eigenvalue weighted by molar-refractivity contribution is -0.112. The second kappa shape index (κ2) is 37.7. The van der Waals surface area contributed by atoms with Gasteiger partial charge in [-0.3, -0.25) is 57.5 Å². The Labute approximate surface area is 663 Å². The Bertz CT molecular complexity index is 5740. The average molecular weight is 1630 g/mol. The van der Waals surface area contributed by atoms with Crippen LogP contribution >= 0.6 is 11.6 Å². The molecule has 12 rings (SSSR count). The molecule has 0 spiro atoms. The Morgan fingerprint density at radius 1 is 0.759 bits per heavy atom. The number of aromatic hydroxyl groups is 2. The molecule has 1 amide bonds. The van der Waals surface area contributed by atoms with Gasteiger partial charge in [0.25, 0.3) is 17.4 Å². The van der Waals surface area contributed by atoms with Crippen LogP contribution in [0, 0.1) is 41.9 Å². The highest BCUT2D eigenvalue weighted by atomic mass is 35.5. The molecule has 5 aromatic heterocycles. The van der Waals surface area contributed by atoms with Crippen LogP contribution in [-0.4, -0.2) is 138 Å². The van der Waals surface area contributed by atoms with Crippen LogP contribution < -0.4 is 37.7 Å². The first-order valence-corrected chi connectivity index (χ1v) is 37.0. The number of nitrogens with zero attached hydrogens (tertiary/aromatic N) is 8.